The van der Waals surface area contributed by atoms with Crippen LogP contribution in [0.5, 0.6) is 0 Å². The Labute approximate surface area is 107 Å². The van der Waals surface area contributed by atoms with Crippen LogP contribution in [0.1, 0.15) is 22.6 Å². The maximum atomic E-state index is 11.4. The molecule has 0 saturated carbocycles. The molecule has 2 rings (SSSR count). The van der Waals surface area contributed by atoms with Crippen molar-refractivity contribution in [3.63, 3.8) is 0 Å². The monoisotopic (exact) mass is 240 g/mol. The number of rotatable bonds is 4. The van der Waals surface area contributed by atoms with Gasteiger partial charge in [-0.25, -0.2) is 0 Å². The quantitative estimate of drug-likeness (QED) is 0.889. The molecule has 0 spiro atoms. The van der Waals surface area contributed by atoms with Gasteiger partial charge in [-0.2, -0.15) is 0 Å². The van der Waals surface area contributed by atoms with Gasteiger partial charge in [0.25, 0.3) is 0 Å². The highest BCUT2D eigenvalue weighted by Gasteiger charge is 2.19. The zero-order valence-electron chi connectivity index (χ0n) is 10.3. The summed E-state index contributed by atoms with van der Waals surface area (Å²) in [6.07, 6.45) is 0.527. The van der Waals surface area contributed by atoms with Crippen molar-refractivity contribution in [1.29, 1.82) is 0 Å². The highest BCUT2D eigenvalue weighted by Crippen LogP contribution is 2.21. The smallest absolute Gasteiger partial charge is 0.311 e. The highest BCUT2D eigenvalue weighted by molar-refractivity contribution is 5.76. The molecule has 92 valence electrons. The number of aliphatic carboxylic acids is 1. The first-order chi connectivity index (χ1) is 8.66. The van der Waals surface area contributed by atoms with Crippen LogP contribution >= 0.6 is 0 Å². The summed E-state index contributed by atoms with van der Waals surface area (Å²) >= 11 is 0. The normalized spacial score (nSPS) is 12.1. The van der Waals surface area contributed by atoms with Gasteiger partial charge in [0.1, 0.15) is 0 Å². The summed E-state index contributed by atoms with van der Waals surface area (Å²) < 4.78 is 0. The molecule has 0 aromatic heterocycles. The summed E-state index contributed by atoms with van der Waals surface area (Å²) in [6, 6.07) is 17.4. The highest BCUT2D eigenvalue weighted by atomic mass is 16.4. The van der Waals surface area contributed by atoms with E-state index in [0.29, 0.717) is 6.42 Å². The van der Waals surface area contributed by atoms with E-state index in [0.717, 1.165) is 16.7 Å². The van der Waals surface area contributed by atoms with Crippen LogP contribution in [-0.2, 0) is 11.2 Å². The molecule has 0 fully saturated rings. The van der Waals surface area contributed by atoms with E-state index in [2.05, 4.69) is 0 Å². The van der Waals surface area contributed by atoms with Crippen molar-refractivity contribution in [2.24, 2.45) is 0 Å². The fourth-order valence-corrected chi connectivity index (χ4v) is 2.00. The van der Waals surface area contributed by atoms with Gasteiger partial charge in [0, 0.05) is 0 Å². The molecule has 0 radical (unpaired) electrons. The average Bonchev–Trinajstić information content (AvgIpc) is 2.38. The van der Waals surface area contributed by atoms with E-state index in [-0.39, 0.29) is 0 Å². The second-order valence-electron chi connectivity index (χ2n) is 4.49. The third kappa shape index (κ3) is 2.98. The van der Waals surface area contributed by atoms with Crippen LogP contribution in [0.25, 0.3) is 0 Å². The maximum absolute atomic E-state index is 11.4. The average molecular weight is 240 g/mol. The Bertz CT molecular complexity index is 515. The number of benzene rings is 2. The predicted molar refractivity (Wildman–Crippen MR) is 71.7 cm³/mol. The van der Waals surface area contributed by atoms with Gasteiger partial charge in [-0.3, -0.25) is 4.79 Å². The Hall–Kier alpha value is -2.09. The maximum Gasteiger partial charge on any atom is 0.311 e. The van der Waals surface area contributed by atoms with Crippen LogP contribution in [0.3, 0.4) is 0 Å². The lowest BCUT2D eigenvalue weighted by molar-refractivity contribution is -0.138. The van der Waals surface area contributed by atoms with E-state index >= 15 is 0 Å². The van der Waals surface area contributed by atoms with Gasteiger partial charge in [0.2, 0.25) is 0 Å². The third-order valence-electron chi connectivity index (χ3n) is 3.06. The summed E-state index contributed by atoms with van der Waals surface area (Å²) in [7, 11) is 0. The van der Waals surface area contributed by atoms with Gasteiger partial charge in [0.15, 0.2) is 0 Å². The topological polar surface area (TPSA) is 37.3 Å². The zero-order valence-corrected chi connectivity index (χ0v) is 10.3. The van der Waals surface area contributed by atoms with Gasteiger partial charge in [0.05, 0.1) is 5.92 Å². The van der Waals surface area contributed by atoms with Crippen LogP contribution in [0.4, 0.5) is 0 Å². The minimum absolute atomic E-state index is 0.479. The molecule has 18 heavy (non-hydrogen) atoms. The first kappa shape index (κ1) is 12.4. The molecule has 0 amide bonds. The summed E-state index contributed by atoms with van der Waals surface area (Å²) in [4.78, 5) is 11.4. The van der Waals surface area contributed by atoms with Gasteiger partial charge in [-0.15, -0.1) is 0 Å². The van der Waals surface area contributed by atoms with E-state index in [1.54, 1.807) is 0 Å². The number of carboxylic acids is 1. The van der Waals surface area contributed by atoms with E-state index in [1.807, 2.05) is 61.5 Å². The standard InChI is InChI=1S/C16H16O2/c1-12-7-9-14(10-8-12)15(16(17)18)11-13-5-3-2-4-6-13/h2-10,15H,11H2,1H3,(H,17,18)/t15-/m0/s1. The van der Waals surface area contributed by atoms with Crippen molar-refractivity contribution in [3.05, 3.63) is 71.3 Å². The van der Waals surface area contributed by atoms with Crippen molar-refractivity contribution in [2.75, 3.05) is 0 Å². The summed E-state index contributed by atoms with van der Waals surface area (Å²) in [6.45, 7) is 2.00. The molecule has 0 aliphatic rings. The number of hydrogen-bond acceptors (Lipinski definition) is 1. The van der Waals surface area contributed by atoms with Crippen molar-refractivity contribution < 1.29 is 9.90 Å². The lowest BCUT2D eigenvalue weighted by atomic mass is 9.91. The number of carboxylic acid groups (broad SMARTS) is 1. The molecule has 2 aromatic carbocycles. The Balaban J connectivity index is 2.24. The zero-order chi connectivity index (χ0) is 13.0. The molecule has 2 aromatic rings. The van der Waals surface area contributed by atoms with Crippen molar-refractivity contribution in [1.82, 2.24) is 0 Å². The third-order valence-corrected chi connectivity index (χ3v) is 3.06. The molecule has 2 heteroatoms. The molecule has 0 saturated heterocycles. The van der Waals surface area contributed by atoms with Crippen LogP contribution in [0, 0.1) is 6.92 Å². The first-order valence-corrected chi connectivity index (χ1v) is 6.00. The van der Waals surface area contributed by atoms with Gasteiger partial charge >= 0.3 is 5.97 Å². The fourth-order valence-electron chi connectivity index (χ4n) is 2.00. The van der Waals surface area contributed by atoms with E-state index in [9.17, 15) is 9.90 Å². The predicted octanol–water partition coefficient (Wildman–Crippen LogP) is 3.41. The molecular formula is C16H16O2. The Morgan fingerprint density at radius 2 is 1.67 bits per heavy atom. The molecule has 1 N–H and O–H groups in total. The lowest BCUT2D eigenvalue weighted by Crippen LogP contribution is -2.14. The van der Waals surface area contributed by atoms with E-state index in [1.165, 1.54) is 0 Å². The van der Waals surface area contributed by atoms with E-state index < -0.39 is 11.9 Å². The molecule has 1 atom stereocenters. The SMILES string of the molecule is Cc1ccc([C@H](Cc2ccccc2)C(=O)O)cc1. The molecule has 0 unspecified atom stereocenters. The Morgan fingerprint density at radius 1 is 1.06 bits per heavy atom. The summed E-state index contributed by atoms with van der Waals surface area (Å²) in [5.74, 6) is -1.25. The number of aryl methyl sites for hydroxylation is 1. The summed E-state index contributed by atoms with van der Waals surface area (Å²) in [5.41, 5.74) is 3.05. The van der Waals surface area contributed by atoms with Gasteiger partial charge < -0.3 is 5.11 Å². The molecule has 0 aliphatic heterocycles. The van der Waals surface area contributed by atoms with Gasteiger partial charge in [-0.1, -0.05) is 60.2 Å². The van der Waals surface area contributed by atoms with Crippen molar-refractivity contribution >= 4 is 5.97 Å². The second-order valence-corrected chi connectivity index (χ2v) is 4.49. The molecule has 0 bridgehead atoms. The molecular weight excluding hydrogens is 224 g/mol. The van der Waals surface area contributed by atoms with Crippen LogP contribution < -0.4 is 0 Å². The fraction of sp³-hybridized carbons (Fsp3) is 0.188. The Kier molecular flexibility index (Phi) is 3.78. The van der Waals surface area contributed by atoms with E-state index in [4.69, 9.17) is 0 Å². The van der Waals surface area contributed by atoms with Gasteiger partial charge in [-0.05, 0) is 24.5 Å². The minimum Gasteiger partial charge on any atom is -0.481 e. The van der Waals surface area contributed by atoms with Crippen molar-refractivity contribution in [2.45, 2.75) is 19.3 Å². The number of carbonyl (C=O) groups is 1. The summed E-state index contributed by atoms with van der Waals surface area (Å²) in [5, 5.41) is 9.36. The van der Waals surface area contributed by atoms with Crippen LogP contribution in [-0.4, -0.2) is 11.1 Å². The Morgan fingerprint density at radius 3 is 2.22 bits per heavy atom. The minimum atomic E-state index is -0.775. The first-order valence-electron chi connectivity index (χ1n) is 6.00. The largest absolute Gasteiger partial charge is 0.481 e. The molecule has 2 nitrogen and oxygen atoms in total. The van der Waals surface area contributed by atoms with Crippen LogP contribution in [0.15, 0.2) is 54.6 Å². The number of hydrogen-bond donors (Lipinski definition) is 1. The second kappa shape index (κ2) is 5.50. The van der Waals surface area contributed by atoms with Crippen LogP contribution in [0.2, 0.25) is 0 Å². The van der Waals surface area contributed by atoms with Crippen molar-refractivity contribution in [3.8, 4) is 0 Å². The molecule has 0 heterocycles. The lowest BCUT2D eigenvalue weighted by Gasteiger charge is -2.13. The molecule has 0 aliphatic carbocycles.